The summed E-state index contributed by atoms with van der Waals surface area (Å²) in [7, 11) is 5.58. The van der Waals surface area contributed by atoms with E-state index in [9.17, 15) is 4.79 Å². The molecule has 2 N–H and O–H groups in total. The van der Waals surface area contributed by atoms with Crippen LogP contribution in [-0.2, 0) is 18.4 Å². The van der Waals surface area contributed by atoms with Gasteiger partial charge in [0.25, 0.3) is 0 Å². The highest BCUT2D eigenvalue weighted by Crippen LogP contribution is 2.18. The molecule has 0 aliphatic rings. The third kappa shape index (κ3) is 5.34. The summed E-state index contributed by atoms with van der Waals surface area (Å²) in [5.41, 5.74) is 3.01. The van der Waals surface area contributed by atoms with Gasteiger partial charge in [-0.3, -0.25) is 14.5 Å². The van der Waals surface area contributed by atoms with Crippen LogP contribution in [0.5, 0.6) is 0 Å². The van der Waals surface area contributed by atoms with Crippen LogP contribution in [0.25, 0.3) is 0 Å². The number of aliphatic imine (C=N–C) groups is 1. The van der Waals surface area contributed by atoms with E-state index < -0.39 is 0 Å². The number of benzene rings is 1. The number of nitrogens with one attached hydrogen (secondary N) is 2. The van der Waals surface area contributed by atoms with Crippen molar-refractivity contribution in [2.75, 3.05) is 26.0 Å². The van der Waals surface area contributed by atoms with E-state index in [1.807, 2.05) is 60.2 Å². The number of anilines is 1. The molecule has 26 heavy (non-hydrogen) atoms. The quantitative estimate of drug-likeness (QED) is 0.615. The number of guanidine groups is 1. The average Bonchev–Trinajstić information content (AvgIpc) is 2.97. The minimum Gasteiger partial charge on any atom is -0.347 e. The maximum atomic E-state index is 12.1. The Kier molecular flexibility index (Phi) is 6.77. The van der Waals surface area contributed by atoms with E-state index in [1.165, 1.54) is 0 Å². The molecule has 0 radical (unpaired) electrons. The number of carbonyl (C=O) groups excluding carboxylic acids is 1. The van der Waals surface area contributed by atoms with Crippen LogP contribution in [0, 0.1) is 0 Å². The Balaban J connectivity index is 1.93. The highest BCUT2D eigenvalue weighted by atomic mass is 16.1. The first kappa shape index (κ1) is 19.5. The molecule has 0 spiro atoms. The third-order valence-electron chi connectivity index (χ3n) is 3.93. The Bertz CT molecular complexity index is 751. The van der Waals surface area contributed by atoms with Gasteiger partial charge in [0.15, 0.2) is 5.96 Å². The Morgan fingerprint density at radius 1 is 1.31 bits per heavy atom. The van der Waals surface area contributed by atoms with Gasteiger partial charge < -0.3 is 15.5 Å². The summed E-state index contributed by atoms with van der Waals surface area (Å²) >= 11 is 0. The number of rotatable bonds is 6. The first-order valence-electron chi connectivity index (χ1n) is 8.69. The molecule has 1 aromatic carbocycles. The van der Waals surface area contributed by atoms with Crippen LogP contribution in [0.4, 0.5) is 5.69 Å². The van der Waals surface area contributed by atoms with Crippen molar-refractivity contribution in [1.29, 1.82) is 0 Å². The number of amides is 1. The predicted octanol–water partition coefficient (Wildman–Crippen LogP) is 2.19. The lowest BCUT2D eigenvalue weighted by Gasteiger charge is -2.22. The molecular formula is C19H28N6O. The topological polar surface area (TPSA) is 74.6 Å². The van der Waals surface area contributed by atoms with Gasteiger partial charge in [-0.25, -0.2) is 0 Å². The van der Waals surface area contributed by atoms with E-state index in [4.69, 9.17) is 0 Å². The smallest absolute Gasteiger partial charge is 0.243 e. The summed E-state index contributed by atoms with van der Waals surface area (Å²) in [6.45, 7) is 5.08. The van der Waals surface area contributed by atoms with Gasteiger partial charge in [0, 0.05) is 45.1 Å². The summed E-state index contributed by atoms with van der Waals surface area (Å²) in [6.07, 6.45) is 2.03. The van der Waals surface area contributed by atoms with Crippen molar-refractivity contribution in [3.63, 3.8) is 0 Å². The minimum absolute atomic E-state index is 0.116. The van der Waals surface area contributed by atoms with Crippen molar-refractivity contribution in [2.45, 2.75) is 26.3 Å². The van der Waals surface area contributed by atoms with Gasteiger partial charge in [0.2, 0.25) is 5.91 Å². The van der Waals surface area contributed by atoms with Gasteiger partial charge in [0.1, 0.15) is 0 Å². The zero-order valence-electron chi connectivity index (χ0n) is 16.2. The van der Waals surface area contributed by atoms with Gasteiger partial charge in [0.05, 0.1) is 12.2 Å². The number of hydrogen-bond donors (Lipinski definition) is 2. The minimum atomic E-state index is -0.116. The third-order valence-corrected chi connectivity index (χ3v) is 3.93. The maximum Gasteiger partial charge on any atom is 0.243 e. The summed E-state index contributed by atoms with van der Waals surface area (Å²) in [5.74, 6) is 0.896. The zero-order chi connectivity index (χ0) is 19.1. The average molecular weight is 356 g/mol. The fourth-order valence-corrected chi connectivity index (χ4v) is 2.76. The first-order chi connectivity index (χ1) is 12.4. The lowest BCUT2D eigenvalue weighted by molar-refractivity contribution is -0.115. The number of para-hydroxylation sites is 1. The van der Waals surface area contributed by atoms with E-state index in [0.29, 0.717) is 18.4 Å². The lowest BCUT2D eigenvalue weighted by Crippen LogP contribution is -2.42. The standard InChI is InChI=1S/C19H28N6O/c1-14(2)18-15(13-25(5)23-18)12-24(4)19(20-3)21-11-17(26)22-16-9-7-6-8-10-16/h6-10,13-14H,11-12H2,1-5H3,(H,20,21)(H,22,26). The van der Waals surface area contributed by atoms with Crippen molar-refractivity contribution in [3.05, 3.63) is 47.8 Å². The van der Waals surface area contributed by atoms with Crippen LogP contribution >= 0.6 is 0 Å². The number of aromatic nitrogens is 2. The normalized spacial score (nSPS) is 11.5. The number of hydrogen-bond acceptors (Lipinski definition) is 3. The second-order valence-corrected chi connectivity index (χ2v) is 6.54. The predicted molar refractivity (Wildman–Crippen MR) is 105 cm³/mol. The monoisotopic (exact) mass is 356 g/mol. The number of carbonyl (C=O) groups is 1. The molecule has 2 rings (SSSR count). The second-order valence-electron chi connectivity index (χ2n) is 6.54. The van der Waals surface area contributed by atoms with Crippen molar-refractivity contribution in [3.8, 4) is 0 Å². The van der Waals surface area contributed by atoms with Crippen LogP contribution in [0.1, 0.15) is 31.0 Å². The molecule has 1 amide bonds. The highest BCUT2D eigenvalue weighted by molar-refractivity contribution is 5.94. The van der Waals surface area contributed by atoms with Crippen LogP contribution in [0.3, 0.4) is 0 Å². The summed E-state index contributed by atoms with van der Waals surface area (Å²) in [4.78, 5) is 18.4. The van der Waals surface area contributed by atoms with Gasteiger partial charge in [-0.2, -0.15) is 5.10 Å². The fraction of sp³-hybridized carbons (Fsp3) is 0.421. The largest absolute Gasteiger partial charge is 0.347 e. The Morgan fingerprint density at radius 2 is 2.00 bits per heavy atom. The first-order valence-corrected chi connectivity index (χ1v) is 8.69. The second kappa shape index (κ2) is 9.03. The van der Waals surface area contributed by atoms with Crippen LogP contribution in [0.2, 0.25) is 0 Å². The molecule has 0 aliphatic carbocycles. The van der Waals surface area contributed by atoms with Crippen molar-refractivity contribution >= 4 is 17.6 Å². The van der Waals surface area contributed by atoms with Gasteiger partial charge >= 0.3 is 0 Å². The van der Waals surface area contributed by atoms with Crippen molar-refractivity contribution in [1.82, 2.24) is 20.0 Å². The van der Waals surface area contributed by atoms with E-state index in [2.05, 4.69) is 34.6 Å². The fourth-order valence-electron chi connectivity index (χ4n) is 2.76. The van der Waals surface area contributed by atoms with Crippen LogP contribution < -0.4 is 10.6 Å². The molecule has 140 valence electrons. The molecule has 0 unspecified atom stereocenters. The Hall–Kier alpha value is -2.83. The molecule has 0 aliphatic heterocycles. The summed E-state index contributed by atoms with van der Waals surface area (Å²) < 4.78 is 1.84. The van der Waals surface area contributed by atoms with E-state index in [-0.39, 0.29) is 12.5 Å². The van der Waals surface area contributed by atoms with Gasteiger partial charge in [-0.1, -0.05) is 32.0 Å². The molecule has 0 saturated carbocycles. The molecule has 0 bridgehead atoms. The molecule has 1 aromatic heterocycles. The highest BCUT2D eigenvalue weighted by Gasteiger charge is 2.15. The molecule has 0 saturated heterocycles. The number of aryl methyl sites for hydroxylation is 1. The molecule has 0 atom stereocenters. The van der Waals surface area contributed by atoms with E-state index in [1.54, 1.807) is 7.05 Å². The molecule has 1 heterocycles. The summed E-state index contributed by atoms with van der Waals surface area (Å²) in [6, 6.07) is 9.39. The molecule has 2 aromatic rings. The van der Waals surface area contributed by atoms with E-state index >= 15 is 0 Å². The molecule has 7 heteroatoms. The van der Waals surface area contributed by atoms with Crippen molar-refractivity contribution < 1.29 is 4.79 Å². The van der Waals surface area contributed by atoms with E-state index in [0.717, 1.165) is 16.9 Å². The molecule has 7 nitrogen and oxygen atoms in total. The lowest BCUT2D eigenvalue weighted by atomic mass is 10.1. The molecule has 0 fully saturated rings. The van der Waals surface area contributed by atoms with Gasteiger partial charge in [-0.15, -0.1) is 0 Å². The van der Waals surface area contributed by atoms with Crippen LogP contribution in [0.15, 0.2) is 41.5 Å². The molecular weight excluding hydrogens is 328 g/mol. The Labute approximate surface area is 155 Å². The SMILES string of the molecule is CN=C(NCC(=O)Nc1ccccc1)N(C)Cc1cn(C)nc1C(C)C. The summed E-state index contributed by atoms with van der Waals surface area (Å²) in [5, 5.41) is 10.5. The maximum absolute atomic E-state index is 12.1. The number of nitrogens with zero attached hydrogens (tertiary/aromatic N) is 4. The Morgan fingerprint density at radius 3 is 2.62 bits per heavy atom. The van der Waals surface area contributed by atoms with Gasteiger partial charge in [-0.05, 0) is 18.1 Å². The van der Waals surface area contributed by atoms with Crippen molar-refractivity contribution in [2.24, 2.45) is 12.0 Å². The van der Waals surface area contributed by atoms with Crippen LogP contribution in [-0.4, -0.2) is 47.2 Å². The zero-order valence-corrected chi connectivity index (χ0v) is 16.2.